The molecular formula is C39H28N4OS. The van der Waals surface area contributed by atoms with Crippen molar-refractivity contribution >= 4 is 81.0 Å². The van der Waals surface area contributed by atoms with E-state index in [1.807, 2.05) is 72.0 Å². The molecule has 3 aromatic heterocycles. The monoisotopic (exact) mass is 600 g/mol. The normalized spacial score (nSPS) is 14.0. The van der Waals surface area contributed by atoms with Crippen molar-refractivity contribution in [3.8, 4) is 0 Å². The lowest BCUT2D eigenvalue weighted by Crippen LogP contribution is -2.30. The molecule has 0 saturated heterocycles. The van der Waals surface area contributed by atoms with Crippen LogP contribution in [-0.2, 0) is 0 Å². The third-order valence-corrected chi connectivity index (χ3v) is 10.0. The Labute approximate surface area is 262 Å². The fourth-order valence-electron chi connectivity index (χ4n) is 6.76. The molecule has 0 amide bonds. The topological polar surface area (TPSA) is 82.5 Å². The second-order valence-electron chi connectivity index (χ2n) is 11.4. The molecule has 9 aromatic rings. The summed E-state index contributed by atoms with van der Waals surface area (Å²) in [7, 11) is 0. The minimum atomic E-state index is -0.587. The van der Waals surface area contributed by atoms with Crippen molar-refractivity contribution < 1.29 is 4.42 Å². The first-order valence-electron chi connectivity index (χ1n) is 15.0. The Morgan fingerprint density at radius 1 is 0.622 bits per heavy atom. The molecule has 9 rings (SSSR count). The van der Waals surface area contributed by atoms with Gasteiger partial charge in [-0.3, -0.25) is 4.99 Å². The lowest BCUT2D eigenvalue weighted by atomic mass is 10.1. The zero-order chi connectivity index (χ0) is 30.1. The quantitative estimate of drug-likeness (QED) is 0.193. The molecule has 0 aliphatic heterocycles. The van der Waals surface area contributed by atoms with Gasteiger partial charge >= 0.3 is 0 Å². The zero-order valence-electron chi connectivity index (χ0n) is 24.2. The van der Waals surface area contributed by atoms with Gasteiger partial charge < -0.3 is 20.5 Å². The van der Waals surface area contributed by atoms with E-state index in [0.717, 1.165) is 55.2 Å². The molecule has 0 aliphatic carbocycles. The highest BCUT2D eigenvalue weighted by atomic mass is 32.1. The molecule has 0 spiro atoms. The first-order valence-corrected chi connectivity index (χ1v) is 15.9. The van der Waals surface area contributed by atoms with Crippen molar-refractivity contribution in [2.24, 2.45) is 16.5 Å². The summed E-state index contributed by atoms with van der Waals surface area (Å²) >= 11 is 1.82. The number of hydrogen-bond donors (Lipinski definition) is 2. The molecule has 5 nitrogen and oxygen atoms in total. The lowest BCUT2D eigenvalue weighted by Gasteiger charge is -2.21. The maximum Gasteiger partial charge on any atom is 0.136 e. The molecule has 0 bridgehead atoms. The molecule has 0 saturated carbocycles. The average Bonchev–Trinajstić information content (AvgIpc) is 3.75. The maximum atomic E-state index is 7.30. The molecule has 6 heteroatoms. The van der Waals surface area contributed by atoms with Crippen LogP contribution in [0.5, 0.6) is 0 Å². The second kappa shape index (κ2) is 10.1. The molecule has 1 unspecified atom stereocenters. The molecule has 0 fully saturated rings. The number of aromatic nitrogens is 1. The van der Waals surface area contributed by atoms with E-state index in [0.29, 0.717) is 0 Å². The molecule has 2 atom stereocenters. The second-order valence-corrected chi connectivity index (χ2v) is 12.5. The van der Waals surface area contributed by atoms with E-state index in [-0.39, 0.29) is 0 Å². The van der Waals surface area contributed by atoms with Crippen LogP contribution < -0.4 is 11.5 Å². The summed E-state index contributed by atoms with van der Waals surface area (Å²) in [5, 5.41) is 7.04. The standard InChI is InChI=1S/C39H28N4OS/c40-38(24-13-5-2-6-14-24)42-36(23-11-3-1-4-12-23)39(41)43-30-17-9-7-15-25(30)28-22-34-29(21-31(28)43)26-19-20-33-35(37(26)45-34)27-16-8-10-18-32(27)44-33/h1-22,38-39H,40-41H2/b42-36-/t38?,39-/m1/s1. The van der Waals surface area contributed by atoms with Gasteiger partial charge in [0.1, 0.15) is 23.5 Å². The summed E-state index contributed by atoms with van der Waals surface area (Å²) < 4.78 is 10.9. The van der Waals surface area contributed by atoms with Gasteiger partial charge in [-0.15, -0.1) is 11.3 Å². The fraction of sp³-hybridized carbons (Fsp3) is 0.0513. The molecule has 0 radical (unpaired) electrons. The number of para-hydroxylation sites is 2. The highest BCUT2D eigenvalue weighted by Crippen LogP contribution is 2.45. The Hall–Kier alpha value is -5.27. The predicted octanol–water partition coefficient (Wildman–Crippen LogP) is 9.67. The van der Waals surface area contributed by atoms with Crippen LogP contribution in [0.25, 0.3) is 63.9 Å². The van der Waals surface area contributed by atoms with Gasteiger partial charge in [0.2, 0.25) is 0 Å². The Balaban J connectivity index is 1.31. The van der Waals surface area contributed by atoms with Crippen LogP contribution in [0.15, 0.2) is 143 Å². The van der Waals surface area contributed by atoms with Gasteiger partial charge in [0, 0.05) is 41.7 Å². The largest absolute Gasteiger partial charge is 0.456 e. The third-order valence-electron chi connectivity index (χ3n) is 8.86. The Kier molecular flexibility index (Phi) is 5.90. The van der Waals surface area contributed by atoms with Gasteiger partial charge in [-0.1, -0.05) is 97.1 Å². The van der Waals surface area contributed by atoms with Crippen molar-refractivity contribution in [3.63, 3.8) is 0 Å². The minimum Gasteiger partial charge on any atom is -0.456 e. The van der Waals surface area contributed by atoms with Crippen LogP contribution in [0.1, 0.15) is 23.5 Å². The molecule has 45 heavy (non-hydrogen) atoms. The Morgan fingerprint density at radius 3 is 2.16 bits per heavy atom. The van der Waals surface area contributed by atoms with Gasteiger partial charge in [-0.05, 0) is 47.5 Å². The fourth-order valence-corrected chi connectivity index (χ4v) is 8.04. The number of furan rings is 1. The van der Waals surface area contributed by atoms with E-state index >= 15 is 0 Å². The summed E-state index contributed by atoms with van der Waals surface area (Å²) in [5.41, 5.74) is 20.5. The van der Waals surface area contributed by atoms with Crippen molar-refractivity contribution in [3.05, 3.63) is 145 Å². The van der Waals surface area contributed by atoms with Crippen molar-refractivity contribution in [2.45, 2.75) is 12.3 Å². The molecular weight excluding hydrogens is 573 g/mol. The van der Waals surface area contributed by atoms with E-state index in [4.69, 9.17) is 20.9 Å². The number of benzene rings is 6. The number of nitrogens with zero attached hydrogens (tertiary/aromatic N) is 2. The summed E-state index contributed by atoms with van der Waals surface area (Å²) in [4.78, 5) is 5.09. The third kappa shape index (κ3) is 4.04. The van der Waals surface area contributed by atoms with E-state index in [1.165, 1.54) is 25.6 Å². The number of fused-ring (bicyclic) bond motifs is 10. The SMILES string of the molecule is NC(/N=C(/c1ccccc1)[C@H](N)n1c2ccccc2c2cc3sc4c(ccc5oc6ccccc6c54)c3cc21)c1ccccc1. The van der Waals surface area contributed by atoms with Crippen molar-refractivity contribution in [1.82, 2.24) is 4.57 Å². The number of aliphatic imine (C=N–C) groups is 1. The van der Waals surface area contributed by atoms with Crippen LogP contribution in [0, 0.1) is 0 Å². The Morgan fingerprint density at radius 2 is 1.33 bits per heavy atom. The molecule has 6 aromatic carbocycles. The molecule has 216 valence electrons. The van der Waals surface area contributed by atoms with Crippen LogP contribution >= 0.6 is 11.3 Å². The number of hydrogen-bond acceptors (Lipinski definition) is 5. The zero-order valence-corrected chi connectivity index (χ0v) is 25.0. The lowest BCUT2D eigenvalue weighted by molar-refractivity contribution is 0.669. The van der Waals surface area contributed by atoms with Crippen LogP contribution in [-0.4, -0.2) is 10.3 Å². The predicted molar refractivity (Wildman–Crippen MR) is 189 cm³/mol. The van der Waals surface area contributed by atoms with E-state index in [1.54, 1.807) is 0 Å². The van der Waals surface area contributed by atoms with Gasteiger partial charge in [-0.25, -0.2) is 0 Å². The summed E-state index contributed by atoms with van der Waals surface area (Å²) in [6.45, 7) is 0. The van der Waals surface area contributed by atoms with Crippen molar-refractivity contribution in [2.75, 3.05) is 0 Å². The maximum absolute atomic E-state index is 7.30. The number of thiophene rings is 1. The van der Waals surface area contributed by atoms with Crippen LogP contribution in [0.4, 0.5) is 0 Å². The van der Waals surface area contributed by atoms with E-state index in [9.17, 15) is 0 Å². The molecule has 0 aliphatic rings. The van der Waals surface area contributed by atoms with E-state index in [2.05, 4.69) is 77.4 Å². The highest BCUT2D eigenvalue weighted by molar-refractivity contribution is 7.26. The highest BCUT2D eigenvalue weighted by Gasteiger charge is 2.24. The molecule has 4 N–H and O–H groups in total. The van der Waals surface area contributed by atoms with Gasteiger partial charge in [-0.2, -0.15) is 0 Å². The minimum absolute atomic E-state index is 0.555. The van der Waals surface area contributed by atoms with E-state index < -0.39 is 12.3 Å². The van der Waals surface area contributed by atoms with Crippen LogP contribution in [0.2, 0.25) is 0 Å². The summed E-state index contributed by atoms with van der Waals surface area (Å²) in [6.07, 6.45) is -1.14. The van der Waals surface area contributed by atoms with Crippen LogP contribution in [0.3, 0.4) is 0 Å². The summed E-state index contributed by atoms with van der Waals surface area (Å²) in [5.74, 6) is 0. The smallest absolute Gasteiger partial charge is 0.136 e. The van der Waals surface area contributed by atoms with Gasteiger partial charge in [0.25, 0.3) is 0 Å². The number of rotatable bonds is 5. The molecule has 3 heterocycles. The van der Waals surface area contributed by atoms with Gasteiger partial charge in [0.15, 0.2) is 0 Å². The first kappa shape index (κ1) is 26.2. The Bertz CT molecular complexity index is 2580. The first-order chi connectivity index (χ1) is 22.2. The van der Waals surface area contributed by atoms with Gasteiger partial charge in [0.05, 0.1) is 16.7 Å². The van der Waals surface area contributed by atoms with Crippen molar-refractivity contribution in [1.29, 1.82) is 0 Å². The summed E-state index contributed by atoms with van der Waals surface area (Å²) in [6, 6.07) is 45.7. The average molecular weight is 601 g/mol. The number of nitrogens with two attached hydrogens (primary N) is 2.